The second-order valence-electron chi connectivity index (χ2n) is 15.0. The monoisotopic (exact) mass is 761 g/mol. The summed E-state index contributed by atoms with van der Waals surface area (Å²) in [6, 6.07) is 28.0. The van der Waals surface area contributed by atoms with Crippen molar-refractivity contribution in [1.29, 1.82) is 0 Å². The summed E-state index contributed by atoms with van der Waals surface area (Å²) >= 11 is 1.48. The molecule has 3 aromatic carbocycles. The molecule has 3 aliphatic rings. The van der Waals surface area contributed by atoms with Gasteiger partial charge in [-0.15, -0.1) is 11.8 Å². The zero-order valence-electron chi connectivity index (χ0n) is 30.6. The molecule has 54 heavy (non-hydrogen) atoms. The highest BCUT2D eigenvalue weighted by atomic mass is 32.2. The molecule has 6 atom stereocenters. The van der Waals surface area contributed by atoms with Crippen LogP contribution in [0.25, 0.3) is 0 Å². The average Bonchev–Trinajstić information content (AvgIpc) is 3.45. The second-order valence-corrected chi connectivity index (χ2v) is 16.3. The lowest BCUT2D eigenvalue weighted by atomic mass is 9.82. The van der Waals surface area contributed by atoms with Gasteiger partial charge in [-0.1, -0.05) is 85.3 Å². The number of benzene rings is 3. The molecule has 11 heteroatoms. The van der Waals surface area contributed by atoms with Crippen molar-refractivity contribution in [2.75, 3.05) is 23.7 Å². The van der Waals surface area contributed by atoms with E-state index >= 15 is 0 Å². The summed E-state index contributed by atoms with van der Waals surface area (Å²) in [7, 11) is 0. The molecule has 3 saturated heterocycles. The lowest BCUT2D eigenvalue weighted by molar-refractivity contribution is -0.189. The molecule has 3 aliphatic heterocycles. The number of piperidine rings is 1. The number of nitrogens with zero attached hydrogens (tertiary/aromatic N) is 2. The molecule has 6 rings (SSSR count). The first-order chi connectivity index (χ1) is 26.1. The summed E-state index contributed by atoms with van der Waals surface area (Å²) in [5.41, 5.74) is 2.76. The molecule has 1 N–H and O–H groups in total. The normalized spacial score (nSPS) is 23.5. The van der Waals surface area contributed by atoms with Crippen molar-refractivity contribution < 1.29 is 32.3 Å². The number of amides is 3. The number of ketones is 1. The summed E-state index contributed by atoms with van der Waals surface area (Å²) < 4.78 is 41.1. The van der Waals surface area contributed by atoms with Crippen LogP contribution in [0.4, 0.5) is 18.9 Å². The Morgan fingerprint density at radius 1 is 0.759 bits per heavy atom. The van der Waals surface area contributed by atoms with Gasteiger partial charge in [-0.05, 0) is 86.8 Å². The fourth-order valence-corrected chi connectivity index (χ4v) is 9.48. The number of Topliss-reactive ketones (excluding diaryl/α,β-unsaturated/α-hetero) is 1. The number of carbonyl (C=O) groups excluding carboxylic acids is 4. The minimum Gasteiger partial charge on any atom is -0.344 e. The number of anilines is 1. The highest BCUT2D eigenvalue weighted by molar-refractivity contribution is 7.99. The summed E-state index contributed by atoms with van der Waals surface area (Å²) in [5.74, 6) is -3.32. The number of para-hydroxylation sites is 1. The molecule has 0 radical (unpaired) electrons. The maximum absolute atomic E-state index is 14.3. The Bertz CT molecular complexity index is 1710. The average molecular weight is 762 g/mol. The standard InChI is InChI=1S/C43H50F3N3O4S/c44-43(45,46)35-21-22-39-49(29-35)42(53)37(23-25-54-39)47-40(51)33(27-31-14-6-2-7-15-31)20-19-32(26-30-12-4-1-5-13-30)38(50)28-34-16-10-11-24-48(41(34)52)36-17-8-3-9-18-36/h1-9,12-15,17-18,32-35,37,39H,10-11,16,19-29H2,(H,47,51)/t32-,33-,34-,35-,37+,39+/m1/s1. The zero-order chi connectivity index (χ0) is 38.1. The fraction of sp³-hybridized carbons (Fsp3) is 0.488. The number of hydrogen-bond donors (Lipinski definition) is 1. The molecule has 0 bridgehead atoms. The second kappa shape index (κ2) is 18.5. The van der Waals surface area contributed by atoms with Crippen LogP contribution < -0.4 is 10.2 Å². The van der Waals surface area contributed by atoms with Crippen molar-refractivity contribution in [3.63, 3.8) is 0 Å². The number of nitrogens with one attached hydrogen (secondary N) is 1. The zero-order valence-corrected chi connectivity index (χ0v) is 31.4. The van der Waals surface area contributed by atoms with E-state index in [1.54, 1.807) is 4.90 Å². The van der Waals surface area contributed by atoms with Crippen LogP contribution in [-0.2, 0) is 32.0 Å². The molecule has 3 aromatic rings. The van der Waals surface area contributed by atoms with Gasteiger partial charge in [0.25, 0.3) is 0 Å². The quantitative estimate of drug-likeness (QED) is 0.191. The lowest BCUT2D eigenvalue weighted by Gasteiger charge is -2.39. The third-order valence-corrected chi connectivity index (χ3v) is 12.6. The predicted molar refractivity (Wildman–Crippen MR) is 206 cm³/mol. The van der Waals surface area contributed by atoms with Crippen LogP contribution in [0.1, 0.15) is 68.9 Å². The Kier molecular flexibility index (Phi) is 13.5. The van der Waals surface area contributed by atoms with Gasteiger partial charge in [-0.25, -0.2) is 0 Å². The largest absolute Gasteiger partial charge is 0.393 e. The van der Waals surface area contributed by atoms with Crippen molar-refractivity contribution in [3.8, 4) is 0 Å². The molecule has 7 nitrogen and oxygen atoms in total. The van der Waals surface area contributed by atoms with Crippen LogP contribution in [0.15, 0.2) is 91.0 Å². The third-order valence-electron chi connectivity index (χ3n) is 11.3. The van der Waals surface area contributed by atoms with Gasteiger partial charge in [0.05, 0.1) is 11.3 Å². The van der Waals surface area contributed by atoms with Crippen LogP contribution in [-0.4, -0.2) is 64.8 Å². The first-order valence-electron chi connectivity index (χ1n) is 19.3. The van der Waals surface area contributed by atoms with E-state index in [4.69, 9.17) is 0 Å². The van der Waals surface area contributed by atoms with E-state index in [0.717, 1.165) is 29.7 Å². The number of rotatable bonds is 13. The van der Waals surface area contributed by atoms with Gasteiger partial charge in [0.15, 0.2) is 0 Å². The molecule has 3 amide bonds. The Balaban J connectivity index is 1.18. The molecule has 0 aliphatic carbocycles. The van der Waals surface area contributed by atoms with Crippen molar-refractivity contribution in [2.45, 2.75) is 88.2 Å². The van der Waals surface area contributed by atoms with Gasteiger partial charge in [0, 0.05) is 43.0 Å². The van der Waals surface area contributed by atoms with Gasteiger partial charge in [-0.2, -0.15) is 13.2 Å². The molecule has 3 heterocycles. The maximum atomic E-state index is 14.3. The van der Waals surface area contributed by atoms with Crippen LogP contribution in [0.5, 0.6) is 0 Å². The Morgan fingerprint density at radius 3 is 2.02 bits per heavy atom. The Hall–Kier alpha value is -4.12. The first kappa shape index (κ1) is 39.6. The van der Waals surface area contributed by atoms with E-state index in [9.17, 15) is 32.3 Å². The van der Waals surface area contributed by atoms with Gasteiger partial charge in [0.1, 0.15) is 11.8 Å². The molecule has 0 unspecified atom stereocenters. The summed E-state index contributed by atoms with van der Waals surface area (Å²) in [6.45, 7) is 0.219. The molecule has 288 valence electrons. The first-order valence-corrected chi connectivity index (χ1v) is 20.4. The van der Waals surface area contributed by atoms with Crippen molar-refractivity contribution in [1.82, 2.24) is 10.2 Å². The van der Waals surface area contributed by atoms with Crippen molar-refractivity contribution >= 4 is 41.0 Å². The van der Waals surface area contributed by atoms with Gasteiger partial charge in [-0.3, -0.25) is 19.2 Å². The van der Waals surface area contributed by atoms with E-state index in [2.05, 4.69) is 5.32 Å². The van der Waals surface area contributed by atoms with Gasteiger partial charge >= 0.3 is 6.18 Å². The fourth-order valence-electron chi connectivity index (χ4n) is 8.17. The number of carbonyl (C=O) groups is 4. The molecule has 0 aromatic heterocycles. The summed E-state index contributed by atoms with van der Waals surface area (Å²) in [6.07, 6.45) is 0.287. The Labute approximate surface area is 320 Å². The number of fused-ring (bicyclic) bond motifs is 1. The van der Waals surface area contributed by atoms with Crippen LogP contribution in [0.2, 0.25) is 0 Å². The van der Waals surface area contributed by atoms with E-state index in [-0.39, 0.29) is 42.2 Å². The minimum atomic E-state index is -4.39. The topological polar surface area (TPSA) is 86.8 Å². The molecular formula is C43H50F3N3O4S. The van der Waals surface area contributed by atoms with Gasteiger partial charge < -0.3 is 15.1 Å². The number of hydrogen-bond acceptors (Lipinski definition) is 5. The van der Waals surface area contributed by atoms with Crippen LogP contribution >= 0.6 is 11.8 Å². The smallest absolute Gasteiger partial charge is 0.344 e. The Morgan fingerprint density at radius 2 is 1.37 bits per heavy atom. The number of halogens is 3. The van der Waals surface area contributed by atoms with E-state index in [1.165, 1.54) is 16.7 Å². The molecule has 0 saturated carbocycles. The maximum Gasteiger partial charge on any atom is 0.393 e. The van der Waals surface area contributed by atoms with Crippen LogP contribution in [0.3, 0.4) is 0 Å². The SMILES string of the molecule is O=C(C[C@H]1CCCCN(c2ccccc2)C1=O)[C@H](CC[C@H](Cc1ccccc1)C(=O)N[C@H]1CCS[C@H]2CC[C@@H](C(F)(F)F)CN2C1=O)Cc1ccccc1. The third kappa shape index (κ3) is 10.3. The van der Waals surface area contributed by atoms with E-state index in [1.807, 2.05) is 91.0 Å². The molecular weight excluding hydrogens is 712 g/mol. The van der Waals surface area contributed by atoms with Crippen molar-refractivity contribution in [3.05, 3.63) is 102 Å². The highest BCUT2D eigenvalue weighted by Gasteiger charge is 2.47. The lowest BCUT2D eigenvalue weighted by Crippen LogP contribution is -2.55. The molecule has 0 spiro atoms. The minimum absolute atomic E-state index is 0.00249. The van der Waals surface area contributed by atoms with Crippen molar-refractivity contribution in [2.24, 2.45) is 23.7 Å². The number of thioether (sulfide) groups is 1. The highest BCUT2D eigenvalue weighted by Crippen LogP contribution is 2.40. The molecule has 3 fully saturated rings. The predicted octanol–water partition coefficient (Wildman–Crippen LogP) is 8.03. The van der Waals surface area contributed by atoms with E-state index < -0.39 is 48.3 Å². The summed E-state index contributed by atoms with van der Waals surface area (Å²) in [4.78, 5) is 59.2. The van der Waals surface area contributed by atoms with Crippen LogP contribution in [0, 0.1) is 23.7 Å². The van der Waals surface area contributed by atoms with E-state index in [0.29, 0.717) is 50.8 Å². The van der Waals surface area contributed by atoms with Gasteiger partial charge in [0.2, 0.25) is 17.7 Å². The number of alkyl halides is 3. The summed E-state index contributed by atoms with van der Waals surface area (Å²) in [5, 5.41) is 2.63.